The first kappa shape index (κ1) is 23.8. The number of aliphatic imine (C=N–C) groups is 1. The van der Waals surface area contributed by atoms with Crippen molar-refractivity contribution < 1.29 is 4.74 Å². The lowest BCUT2D eigenvalue weighted by Gasteiger charge is -2.11. The number of nitrogens with one attached hydrogen (secondary N) is 2. The van der Waals surface area contributed by atoms with Crippen molar-refractivity contribution in [3.63, 3.8) is 0 Å². The number of rotatable bonds is 9. The van der Waals surface area contributed by atoms with E-state index in [1.54, 1.807) is 11.3 Å². The fourth-order valence-electron chi connectivity index (χ4n) is 2.35. The number of hydrogen-bond donors (Lipinski definition) is 2. The van der Waals surface area contributed by atoms with Crippen LogP contribution in [0.2, 0.25) is 0 Å². The summed E-state index contributed by atoms with van der Waals surface area (Å²) in [6.07, 6.45) is 1.15. The number of benzene rings is 1. The fraction of sp³-hybridized carbons (Fsp3) is 0.500. The molecular formula is C20H31IN4OS. The molecule has 0 aliphatic carbocycles. The summed E-state index contributed by atoms with van der Waals surface area (Å²) in [7, 11) is 0. The van der Waals surface area contributed by atoms with E-state index in [0.29, 0.717) is 13.2 Å². The molecule has 0 saturated heterocycles. The van der Waals surface area contributed by atoms with Crippen molar-refractivity contribution in [2.24, 2.45) is 4.99 Å². The van der Waals surface area contributed by atoms with E-state index >= 15 is 0 Å². The van der Waals surface area contributed by atoms with Crippen LogP contribution >= 0.6 is 35.3 Å². The van der Waals surface area contributed by atoms with Gasteiger partial charge in [0.1, 0.15) is 0 Å². The van der Waals surface area contributed by atoms with E-state index in [0.717, 1.165) is 36.2 Å². The molecule has 0 atom stereocenters. The third-order valence-corrected chi connectivity index (χ3v) is 4.53. The van der Waals surface area contributed by atoms with Crippen molar-refractivity contribution in [1.82, 2.24) is 15.6 Å². The van der Waals surface area contributed by atoms with E-state index in [9.17, 15) is 0 Å². The summed E-state index contributed by atoms with van der Waals surface area (Å²) >= 11 is 1.69. The van der Waals surface area contributed by atoms with Gasteiger partial charge in [0, 0.05) is 24.9 Å². The Hall–Kier alpha value is -1.19. The van der Waals surface area contributed by atoms with E-state index in [-0.39, 0.29) is 30.1 Å². The zero-order valence-electron chi connectivity index (χ0n) is 16.6. The molecule has 0 fully saturated rings. The lowest BCUT2D eigenvalue weighted by atomic mass is 10.1. The number of halogens is 1. The van der Waals surface area contributed by atoms with Crippen LogP contribution in [-0.2, 0) is 24.3 Å². The van der Waals surface area contributed by atoms with Crippen LogP contribution in [0.25, 0.3) is 0 Å². The largest absolute Gasteiger partial charge is 0.374 e. The van der Waals surface area contributed by atoms with Gasteiger partial charge in [0.2, 0.25) is 0 Å². The monoisotopic (exact) mass is 502 g/mol. The summed E-state index contributed by atoms with van der Waals surface area (Å²) in [5, 5.41) is 9.90. The van der Waals surface area contributed by atoms with Crippen LogP contribution in [0.4, 0.5) is 0 Å². The average molecular weight is 502 g/mol. The van der Waals surface area contributed by atoms with E-state index in [4.69, 9.17) is 4.74 Å². The van der Waals surface area contributed by atoms with Gasteiger partial charge < -0.3 is 15.4 Å². The molecule has 0 bridgehead atoms. The lowest BCUT2D eigenvalue weighted by molar-refractivity contribution is 0.0657. The molecule has 1 heterocycles. The van der Waals surface area contributed by atoms with Crippen LogP contribution in [0.1, 0.15) is 42.6 Å². The van der Waals surface area contributed by atoms with Gasteiger partial charge in [-0.2, -0.15) is 0 Å². The highest BCUT2D eigenvalue weighted by Crippen LogP contribution is 2.09. The number of thiazole rings is 1. The zero-order valence-corrected chi connectivity index (χ0v) is 19.8. The summed E-state index contributed by atoms with van der Waals surface area (Å²) in [6, 6.07) is 8.45. The zero-order chi connectivity index (χ0) is 18.8. The number of aryl methyl sites for hydroxylation is 1. The molecule has 0 amide bonds. The van der Waals surface area contributed by atoms with Gasteiger partial charge in [-0.3, -0.25) is 0 Å². The summed E-state index contributed by atoms with van der Waals surface area (Å²) in [5.41, 5.74) is 3.51. The van der Waals surface area contributed by atoms with Gasteiger partial charge in [0.15, 0.2) is 5.96 Å². The molecule has 0 radical (unpaired) electrons. The maximum Gasteiger partial charge on any atom is 0.191 e. The van der Waals surface area contributed by atoms with Crippen molar-refractivity contribution in [1.29, 1.82) is 0 Å². The minimum atomic E-state index is 0. The van der Waals surface area contributed by atoms with Crippen LogP contribution < -0.4 is 10.6 Å². The molecule has 0 aliphatic rings. The molecule has 7 heteroatoms. The second-order valence-electron chi connectivity index (χ2n) is 6.41. The number of aromatic nitrogens is 1. The minimum absolute atomic E-state index is 0. The van der Waals surface area contributed by atoms with E-state index in [1.807, 2.05) is 20.8 Å². The molecule has 27 heavy (non-hydrogen) atoms. The van der Waals surface area contributed by atoms with Gasteiger partial charge in [0.05, 0.1) is 30.0 Å². The Morgan fingerprint density at radius 2 is 1.89 bits per heavy atom. The predicted octanol–water partition coefficient (Wildman–Crippen LogP) is 4.29. The van der Waals surface area contributed by atoms with Gasteiger partial charge in [-0.25, -0.2) is 9.98 Å². The lowest BCUT2D eigenvalue weighted by Crippen LogP contribution is -2.38. The Bertz CT molecular complexity index is 686. The quantitative estimate of drug-likeness (QED) is 0.305. The summed E-state index contributed by atoms with van der Waals surface area (Å²) in [4.78, 5) is 9.16. The topological polar surface area (TPSA) is 58.5 Å². The standard InChI is InChI=1S/C20H30N4OS.HI/c1-5-21-20(22-11-10-19-14-26-16(4)24-19)23-12-17-6-8-18(9-7-17)13-25-15(2)3;/h6-9,14-15H,5,10-13H2,1-4H3,(H2,21,22,23);1H. The minimum Gasteiger partial charge on any atom is -0.374 e. The highest BCUT2D eigenvalue weighted by Gasteiger charge is 2.01. The third kappa shape index (κ3) is 9.53. The molecule has 1 aromatic carbocycles. The Morgan fingerprint density at radius 1 is 1.19 bits per heavy atom. The van der Waals surface area contributed by atoms with Gasteiger partial charge in [-0.15, -0.1) is 35.3 Å². The second-order valence-corrected chi connectivity index (χ2v) is 7.47. The first-order valence-electron chi connectivity index (χ1n) is 9.19. The van der Waals surface area contributed by atoms with Crippen molar-refractivity contribution in [2.45, 2.75) is 53.4 Å². The van der Waals surface area contributed by atoms with E-state index < -0.39 is 0 Å². The SMILES string of the molecule is CCNC(=NCc1ccc(COC(C)C)cc1)NCCc1csc(C)n1.I. The van der Waals surface area contributed by atoms with Crippen molar-refractivity contribution in [2.75, 3.05) is 13.1 Å². The molecular weight excluding hydrogens is 471 g/mol. The Morgan fingerprint density at radius 3 is 2.48 bits per heavy atom. The van der Waals surface area contributed by atoms with Crippen LogP contribution in [0.15, 0.2) is 34.6 Å². The van der Waals surface area contributed by atoms with Crippen molar-refractivity contribution in [3.8, 4) is 0 Å². The molecule has 0 aliphatic heterocycles. The first-order valence-corrected chi connectivity index (χ1v) is 10.1. The average Bonchev–Trinajstić information content (AvgIpc) is 3.04. The highest BCUT2D eigenvalue weighted by atomic mass is 127. The molecule has 0 saturated carbocycles. The summed E-state index contributed by atoms with van der Waals surface area (Å²) in [6.45, 7) is 11.2. The van der Waals surface area contributed by atoms with Crippen LogP contribution in [0.5, 0.6) is 0 Å². The smallest absolute Gasteiger partial charge is 0.191 e. The summed E-state index contributed by atoms with van der Waals surface area (Å²) < 4.78 is 5.63. The maximum absolute atomic E-state index is 5.63. The second kappa shape index (κ2) is 13.1. The van der Waals surface area contributed by atoms with Gasteiger partial charge in [0.25, 0.3) is 0 Å². The van der Waals surface area contributed by atoms with Crippen LogP contribution in [0, 0.1) is 6.92 Å². The third-order valence-electron chi connectivity index (χ3n) is 3.71. The van der Waals surface area contributed by atoms with E-state index in [1.165, 1.54) is 11.1 Å². The van der Waals surface area contributed by atoms with Gasteiger partial charge in [-0.05, 0) is 38.8 Å². The van der Waals surface area contributed by atoms with E-state index in [2.05, 4.69) is 57.2 Å². The Balaban J connectivity index is 0.00000364. The molecule has 2 rings (SSSR count). The van der Waals surface area contributed by atoms with Crippen LogP contribution in [-0.4, -0.2) is 30.1 Å². The molecule has 150 valence electrons. The normalized spacial score (nSPS) is 11.4. The first-order chi connectivity index (χ1) is 12.6. The van der Waals surface area contributed by atoms with Gasteiger partial charge in [-0.1, -0.05) is 24.3 Å². The van der Waals surface area contributed by atoms with Crippen molar-refractivity contribution >= 4 is 41.3 Å². The Labute approximate surface area is 184 Å². The highest BCUT2D eigenvalue weighted by molar-refractivity contribution is 14.0. The Kier molecular flexibility index (Phi) is 11.5. The molecule has 1 aromatic heterocycles. The maximum atomic E-state index is 5.63. The molecule has 0 unspecified atom stereocenters. The molecule has 5 nitrogen and oxygen atoms in total. The predicted molar refractivity (Wildman–Crippen MR) is 125 cm³/mol. The van der Waals surface area contributed by atoms with Crippen LogP contribution in [0.3, 0.4) is 0 Å². The van der Waals surface area contributed by atoms with Gasteiger partial charge >= 0.3 is 0 Å². The number of hydrogen-bond acceptors (Lipinski definition) is 4. The van der Waals surface area contributed by atoms with Crippen molar-refractivity contribution in [3.05, 3.63) is 51.5 Å². The molecule has 2 N–H and O–H groups in total. The molecule has 2 aromatic rings. The molecule has 0 spiro atoms. The number of ether oxygens (including phenoxy) is 1. The summed E-state index contributed by atoms with van der Waals surface area (Å²) in [5.74, 6) is 0.840. The number of nitrogens with zero attached hydrogens (tertiary/aromatic N) is 2. The number of guanidine groups is 1. The fourth-order valence-corrected chi connectivity index (χ4v) is 3.00.